The van der Waals surface area contributed by atoms with E-state index < -0.39 is 47.9 Å². The van der Waals surface area contributed by atoms with E-state index in [1.165, 1.54) is 0 Å². The number of hydrogen-bond donors (Lipinski definition) is 8. The van der Waals surface area contributed by atoms with Gasteiger partial charge in [0.25, 0.3) is 0 Å². The Morgan fingerprint density at radius 2 is 1.63 bits per heavy atom. The van der Waals surface area contributed by atoms with E-state index in [9.17, 15) is 24.3 Å². The van der Waals surface area contributed by atoms with Crippen LogP contribution in [0.5, 0.6) is 0 Å². The number of para-hydroxylation sites is 1. The lowest BCUT2D eigenvalue weighted by Crippen LogP contribution is -2.58. The summed E-state index contributed by atoms with van der Waals surface area (Å²) in [7, 11) is 0. The number of hydrogen-bond acceptors (Lipinski definition) is 7. The largest absolute Gasteiger partial charge is 0.480 e. The fraction of sp³-hybridized carbons (Fsp3) is 0.538. The first kappa shape index (κ1) is 31.1. The maximum Gasteiger partial charge on any atom is 0.326 e. The number of rotatable bonds is 16. The van der Waals surface area contributed by atoms with Crippen molar-refractivity contribution in [3.05, 3.63) is 36.0 Å². The van der Waals surface area contributed by atoms with Crippen LogP contribution in [0.25, 0.3) is 10.9 Å². The molecule has 9 N–H and O–H groups in total. The predicted molar refractivity (Wildman–Crippen MR) is 150 cm³/mol. The molecule has 38 heavy (non-hydrogen) atoms. The number of aromatic nitrogens is 1. The van der Waals surface area contributed by atoms with Crippen LogP contribution in [0.1, 0.15) is 45.1 Å². The highest BCUT2D eigenvalue weighted by atomic mass is 32.1. The number of unbranched alkanes of at least 4 members (excludes halogenated alkanes) is 1. The average molecular weight is 549 g/mol. The molecule has 0 aliphatic carbocycles. The van der Waals surface area contributed by atoms with Crippen molar-refractivity contribution in [3.8, 4) is 0 Å². The van der Waals surface area contributed by atoms with Crippen LogP contribution in [-0.2, 0) is 25.6 Å². The van der Waals surface area contributed by atoms with Crippen LogP contribution in [0, 0.1) is 5.92 Å². The van der Waals surface area contributed by atoms with Crippen molar-refractivity contribution in [1.29, 1.82) is 0 Å². The number of carboxylic acids is 1. The van der Waals surface area contributed by atoms with Crippen LogP contribution in [0.4, 0.5) is 0 Å². The zero-order valence-electron chi connectivity index (χ0n) is 21.9. The van der Waals surface area contributed by atoms with Crippen LogP contribution in [-0.4, -0.2) is 70.2 Å². The smallest absolute Gasteiger partial charge is 0.326 e. The van der Waals surface area contributed by atoms with E-state index in [0.717, 1.165) is 16.5 Å². The molecule has 1 aromatic heterocycles. The Morgan fingerprint density at radius 3 is 2.26 bits per heavy atom. The maximum atomic E-state index is 13.3. The number of aliphatic carboxylic acids is 1. The van der Waals surface area contributed by atoms with Gasteiger partial charge in [0.1, 0.15) is 18.1 Å². The molecule has 0 saturated heterocycles. The number of carbonyl (C=O) groups is 4. The second-order valence-corrected chi connectivity index (χ2v) is 9.83. The second kappa shape index (κ2) is 15.4. The highest BCUT2D eigenvalue weighted by Crippen LogP contribution is 2.19. The van der Waals surface area contributed by atoms with Crippen LogP contribution >= 0.6 is 12.6 Å². The molecule has 3 amide bonds. The summed E-state index contributed by atoms with van der Waals surface area (Å²) in [6.07, 6.45) is 3.88. The first-order valence-corrected chi connectivity index (χ1v) is 13.5. The molecule has 0 radical (unpaired) electrons. The van der Waals surface area contributed by atoms with Gasteiger partial charge in [-0.15, -0.1) is 0 Å². The lowest BCUT2D eigenvalue weighted by molar-refractivity contribution is -0.142. The lowest BCUT2D eigenvalue weighted by atomic mass is 9.99. The van der Waals surface area contributed by atoms with Crippen molar-refractivity contribution in [3.63, 3.8) is 0 Å². The summed E-state index contributed by atoms with van der Waals surface area (Å²) in [6.45, 7) is 4.17. The highest BCUT2D eigenvalue weighted by Gasteiger charge is 2.31. The Bertz CT molecular complexity index is 1090. The van der Waals surface area contributed by atoms with Gasteiger partial charge in [0.2, 0.25) is 17.7 Å². The third kappa shape index (κ3) is 8.74. The second-order valence-electron chi connectivity index (χ2n) is 9.46. The molecular formula is C26H40N6O5S. The van der Waals surface area contributed by atoms with Gasteiger partial charge in [-0.3, -0.25) is 14.4 Å². The number of amides is 3. The van der Waals surface area contributed by atoms with Gasteiger partial charge in [0.15, 0.2) is 0 Å². The number of carbonyl (C=O) groups excluding carboxylic acids is 3. The first-order chi connectivity index (χ1) is 18.1. The molecule has 1 heterocycles. The van der Waals surface area contributed by atoms with Crippen LogP contribution in [0.2, 0.25) is 0 Å². The van der Waals surface area contributed by atoms with E-state index in [0.29, 0.717) is 25.8 Å². The molecular weight excluding hydrogens is 508 g/mol. The van der Waals surface area contributed by atoms with Gasteiger partial charge in [-0.05, 0) is 43.4 Å². The summed E-state index contributed by atoms with van der Waals surface area (Å²) in [5.74, 6) is -3.05. The van der Waals surface area contributed by atoms with Crippen LogP contribution in [0.15, 0.2) is 30.5 Å². The lowest BCUT2D eigenvalue weighted by Gasteiger charge is -2.25. The van der Waals surface area contributed by atoms with Crippen molar-refractivity contribution in [2.45, 2.75) is 70.1 Å². The molecule has 0 fully saturated rings. The third-order valence-electron chi connectivity index (χ3n) is 6.67. The van der Waals surface area contributed by atoms with E-state index >= 15 is 0 Å². The standard InChI is InChI=1S/C26H40N6O5S/c1-3-15(2)22(28)25(35)32-21(14-38)24(34)31-20(12-16-13-29-18-9-5-4-8-17(16)18)23(33)30-19(26(36)37)10-6-7-11-27/h4-5,8-9,13,15,19-22,29,38H,3,6-7,10-12,14,27-28H2,1-2H3,(H,30,33)(H,31,34)(H,32,35)(H,36,37). The number of benzene rings is 1. The number of aromatic amines is 1. The van der Waals surface area contributed by atoms with Gasteiger partial charge in [0.05, 0.1) is 6.04 Å². The number of nitrogens with two attached hydrogens (primary N) is 2. The normalized spacial score (nSPS) is 15.2. The minimum absolute atomic E-state index is 0.0247. The minimum Gasteiger partial charge on any atom is -0.480 e. The number of fused-ring (bicyclic) bond motifs is 1. The Morgan fingerprint density at radius 1 is 1.00 bits per heavy atom. The van der Waals surface area contributed by atoms with E-state index in [2.05, 4.69) is 33.6 Å². The number of nitrogens with one attached hydrogen (secondary N) is 4. The summed E-state index contributed by atoms with van der Waals surface area (Å²) in [5.41, 5.74) is 13.1. The quantitative estimate of drug-likeness (QED) is 0.112. The third-order valence-corrected chi connectivity index (χ3v) is 7.03. The van der Waals surface area contributed by atoms with Crippen molar-refractivity contribution < 1.29 is 24.3 Å². The fourth-order valence-electron chi connectivity index (χ4n) is 4.00. The average Bonchev–Trinajstić information content (AvgIpc) is 3.32. The molecule has 0 bridgehead atoms. The predicted octanol–water partition coefficient (Wildman–Crippen LogP) is 0.682. The van der Waals surface area contributed by atoms with Gasteiger partial charge in [-0.1, -0.05) is 38.5 Å². The zero-order chi connectivity index (χ0) is 28.2. The summed E-state index contributed by atoms with van der Waals surface area (Å²) in [6, 6.07) is 3.42. The zero-order valence-corrected chi connectivity index (χ0v) is 22.8. The van der Waals surface area contributed by atoms with Crippen LogP contribution in [0.3, 0.4) is 0 Å². The molecule has 0 spiro atoms. The van der Waals surface area contributed by atoms with Crippen molar-refractivity contribution in [2.24, 2.45) is 17.4 Å². The van der Waals surface area contributed by atoms with E-state index in [1.807, 2.05) is 38.1 Å². The number of carboxylic acid groups (broad SMARTS) is 1. The Labute approximate surface area is 228 Å². The van der Waals surface area contributed by atoms with Crippen LogP contribution < -0.4 is 27.4 Å². The highest BCUT2D eigenvalue weighted by molar-refractivity contribution is 7.80. The number of H-pyrrole nitrogens is 1. The van der Waals surface area contributed by atoms with E-state index in [4.69, 9.17) is 11.5 Å². The molecule has 12 heteroatoms. The van der Waals surface area contributed by atoms with Crippen molar-refractivity contribution in [2.75, 3.05) is 12.3 Å². The summed E-state index contributed by atoms with van der Waals surface area (Å²) >= 11 is 4.20. The maximum absolute atomic E-state index is 13.3. The minimum atomic E-state index is -1.17. The molecule has 5 atom stereocenters. The van der Waals surface area contributed by atoms with Crippen molar-refractivity contribution in [1.82, 2.24) is 20.9 Å². The molecule has 2 rings (SSSR count). The summed E-state index contributed by atoms with van der Waals surface area (Å²) in [5, 5.41) is 18.3. The Kier molecular flexibility index (Phi) is 12.6. The molecule has 5 unspecified atom stereocenters. The summed E-state index contributed by atoms with van der Waals surface area (Å²) < 4.78 is 0. The molecule has 1 aromatic carbocycles. The van der Waals surface area contributed by atoms with Gasteiger partial charge in [-0.2, -0.15) is 12.6 Å². The SMILES string of the molecule is CCC(C)C(N)C(=O)NC(CS)C(=O)NC(Cc1c[nH]c2ccccc12)C(=O)NC(CCCCN)C(=O)O. The van der Waals surface area contributed by atoms with Gasteiger partial charge < -0.3 is 37.5 Å². The topological polar surface area (TPSA) is 192 Å². The molecule has 2 aromatic rings. The fourth-order valence-corrected chi connectivity index (χ4v) is 4.26. The molecule has 0 saturated carbocycles. The molecule has 0 aliphatic rings. The Hall–Kier alpha value is -3.09. The van der Waals surface area contributed by atoms with Gasteiger partial charge in [-0.25, -0.2) is 4.79 Å². The van der Waals surface area contributed by atoms with Gasteiger partial charge >= 0.3 is 5.97 Å². The van der Waals surface area contributed by atoms with Crippen molar-refractivity contribution >= 4 is 47.2 Å². The molecule has 0 aliphatic heterocycles. The summed E-state index contributed by atoms with van der Waals surface area (Å²) in [4.78, 5) is 54.0. The van der Waals surface area contributed by atoms with E-state index in [1.54, 1.807) is 6.20 Å². The Balaban J connectivity index is 2.24. The molecule has 210 valence electrons. The number of thiol groups is 1. The first-order valence-electron chi connectivity index (χ1n) is 12.9. The van der Waals surface area contributed by atoms with E-state index in [-0.39, 0.29) is 24.5 Å². The molecule has 11 nitrogen and oxygen atoms in total. The van der Waals surface area contributed by atoms with Gasteiger partial charge in [0, 0.05) is 29.3 Å². The monoisotopic (exact) mass is 548 g/mol.